The highest BCUT2D eigenvalue weighted by Gasteiger charge is 2.44. The number of epoxide rings is 1. The highest BCUT2D eigenvalue weighted by atomic mass is 28.4. The van der Waals surface area contributed by atoms with Gasteiger partial charge in [0.1, 0.15) is 22.5 Å². The summed E-state index contributed by atoms with van der Waals surface area (Å²) in [6.45, 7) is 11.0. The molecule has 1 saturated carbocycles. The van der Waals surface area contributed by atoms with E-state index < -0.39 is 16.6 Å². The number of hydrogen-bond donors (Lipinski definition) is 1. The van der Waals surface area contributed by atoms with E-state index in [4.69, 9.17) is 13.6 Å². The maximum Gasteiger partial charge on any atom is 0.173 e. The number of fused-ring (bicyclic) bond motifs is 2. The molecule has 3 unspecified atom stereocenters. The number of rotatable bonds is 13. The predicted octanol–water partition coefficient (Wildman–Crippen LogP) is 6.46. The van der Waals surface area contributed by atoms with Crippen LogP contribution >= 0.6 is 0 Å². The summed E-state index contributed by atoms with van der Waals surface area (Å²) in [6.07, 6.45) is 8.19. The first-order chi connectivity index (χ1) is 18.2. The Bertz CT molecular complexity index is 1200. The van der Waals surface area contributed by atoms with Crippen molar-refractivity contribution in [2.75, 3.05) is 13.2 Å². The molecule has 1 N–H and O–H groups in total. The standard InChI is InChI=1S/C29H43N3O4Si2/c1-37(2,36-38(3,4)19-15-23-11-13-28-29(21-23)35-28)18-7-16-34-17-14-22-10-12-27(33)26(20-22)32-30-24-8-5-6-9-25(24)31-32/h5-6,8-10,12,20,23,28-29,33H,7,11,13-19,21H2,1-4H3. The third kappa shape index (κ3) is 7.32. The first-order valence-electron chi connectivity index (χ1n) is 14.3. The Morgan fingerprint density at radius 3 is 2.42 bits per heavy atom. The Hall–Kier alpha value is -2.05. The van der Waals surface area contributed by atoms with Crippen LogP contribution in [-0.4, -0.2) is 62.2 Å². The first-order valence-corrected chi connectivity index (χ1v) is 20.5. The fourth-order valence-electron chi connectivity index (χ4n) is 5.89. The van der Waals surface area contributed by atoms with E-state index in [1.807, 2.05) is 36.4 Å². The van der Waals surface area contributed by atoms with Crippen LogP contribution in [0.5, 0.6) is 5.75 Å². The second-order valence-electron chi connectivity index (χ2n) is 12.3. The summed E-state index contributed by atoms with van der Waals surface area (Å²) < 4.78 is 18.6. The molecule has 1 aliphatic carbocycles. The van der Waals surface area contributed by atoms with Gasteiger partial charge in [0.05, 0.1) is 18.8 Å². The normalized spacial score (nSPS) is 21.5. The molecule has 3 aromatic rings. The molecule has 2 heterocycles. The molecule has 0 radical (unpaired) electrons. The Kier molecular flexibility index (Phi) is 8.40. The zero-order valence-electron chi connectivity index (χ0n) is 23.4. The van der Waals surface area contributed by atoms with Crippen molar-refractivity contribution in [1.82, 2.24) is 15.0 Å². The minimum absolute atomic E-state index is 0.165. The van der Waals surface area contributed by atoms with Crippen molar-refractivity contribution in [2.45, 2.75) is 89.0 Å². The molecule has 1 aromatic heterocycles. The Labute approximate surface area is 228 Å². The van der Waals surface area contributed by atoms with Gasteiger partial charge >= 0.3 is 0 Å². The number of ether oxygens (including phenoxy) is 2. The molecule has 3 atom stereocenters. The number of nitrogens with zero attached hydrogens (tertiary/aromatic N) is 3. The van der Waals surface area contributed by atoms with Gasteiger partial charge in [0.2, 0.25) is 0 Å². The third-order valence-electron chi connectivity index (χ3n) is 7.96. The van der Waals surface area contributed by atoms with Crippen LogP contribution in [-0.2, 0) is 20.0 Å². The lowest BCUT2D eigenvalue weighted by molar-refractivity contribution is 0.137. The number of benzene rings is 2. The number of hydrogen-bond acceptors (Lipinski definition) is 6. The summed E-state index contributed by atoms with van der Waals surface area (Å²) in [5, 5.41) is 19.4. The molecule has 38 heavy (non-hydrogen) atoms. The molecule has 1 saturated heterocycles. The maximum atomic E-state index is 10.4. The smallest absolute Gasteiger partial charge is 0.173 e. The van der Waals surface area contributed by atoms with Crippen molar-refractivity contribution in [2.24, 2.45) is 5.92 Å². The van der Waals surface area contributed by atoms with Gasteiger partial charge < -0.3 is 18.7 Å². The summed E-state index contributed by atoms with van der Waals surface area (Å²) in [5.74, 6) is 1.00. The van der Waals surface area contributed by atoms with Crippen molar-refractivity contribution in [3.05, 3.63) is 48.0 Å². The lowest BCUT2D eigenvalue weighted by atomic mass is 9.88. The third-order valence-corrected chi connectivity index (χ3v) is 15.4. The van der Waals surface area contributed by atoms with Gasteiger partial charge in [-0.15, -0.1) is 15.0 Å². The van der Waals surface area contributed by atoms with Crippen LogP contribution in [0, 0.1) is 5.92 Å². The highest BCUT2D eigenvalue weighted by molar-refractivity contribution is 6.84. The summed E-state index contributed by atoms with van der Waals surface area (Å²) in [7, 11) is -3.36. The fraction of sp³-hybridized carbons (Fsp3) is 0.586. The lowest BCUT2D eigenvalue weighted by Gasteiger charge is -2.35. The summed E-state index contributed by atoms with van der Waals surface area (Å²) >= 11 is 0. The number of aromatic nitrogens is 3. The topological polar surface area (TPSA) is 81.9 Å². The van der Waals surface area contributed by atoms with Gasteiger partial charge in [-0.2, -0.15) is 0 Å². The second-order valence-corrected chi connectivity index (χ2v) is 21.2. The molecule has 5 rings (SSSR count). The van der Waals surface area contributed by atoms with Crippen molar-refractivity contribution >= 4 is 27.7 Å². The van der Waals surface area contributed by atoms with Crippen LogP contribution < -0.4 is 0 Å². The van der Waals surface area contributed by atoms with Gasteiger partial charge in [0.15, 0.2) is 16.6 Å². The molecule has 0 bridgehead atoms. The minimum atomic E-state index is -1.71. The fourth-order valence-corrected chi connectivity index (χ4v) is 14.8. The quantitative estimate of drug-likeness (QED) is 0.149. The van der Waals surface area contributed by atoms with Gasteiger partial charge in [0, 0.05) is 6.61 Å². The number of phenolic OH excluding ortho intramolecular Hbond substituents is 1. The van der Waals surface area contributed by atoms with Crippen LogP contribution in [0.15, 0.2) is 42.5 Å². The largest absolute Gasteiger partial charge is 0.506 e. The Morgan fingerprint density at radius 1 is 0.947 bits per heavy atom. The van der Waals surface area contributed by atoms with E-state index in [2.05, 4.69) is 36.4 Å². The van der Waals surface area contributed by atoms with E-state index in [9.17, 15) is 5.11 Å². The van der Waals surface area contributed by atoms with E-state index in [-0.39, 0.29) is 5.75 Å². The predicted molar refractivity (Wildman–Crippen MR) is 156 cm³/mol. The minimum Gasteiger partial charge on any atom is -0.506 e. The molecule has 9 heteroatoms. The SMILES string of the molecule is C[Si](C)(CCCOCCc1ccc(O)c(-n2nc3ccccc3n2)c1)O[Si](C)(C)CCC1CCC2OC2C1. The summed E-state index contributed by atoms with van der Waals surface area (Å²) in [6, 6.07) is 15.7. The van der Waals surface area contributed by atoms with Gasteiger partial charge in [0.25, 0.3) is 0 Å². The van der Waals surface area contributed by atoms with Gasteiger partial charge in [-0.05, 0) is 106 Å². The highest BCUT2D eigenvalue weighted by Crippen LogP contribution is 2.41. The maximum absolute atomic E-state index is 10.4. The molecular formula is C29H43N3O4Si2. The van der Waals surface area contributed by atoms with E-state index >= 15 is 0 Å². The average Bonchev–Trinajstić information content (AvgIpc) is 3.52. The Balaban J connectivity index is 1.02. The lowest BCUT2D eigenvalue weighted by Crippen LogP contribution is -2.44. The van der Waals surface area contributed by atoms with Crippen LogP contribution in [0.4, 0.5) is 0 Å². The zero-order chi connectivity index (χ0) is 26.8. The molecule has 206 valence electrons. The summed E-state index contributed by atoms with van der Waals surface area (Å²) in [4.78, 5) is 1.51. The van der Waals surface area contributed by atoms with Crippen LogP contribution in [0.1, 0.15) is 37.7 Å². The molecule has 7 nitrogen and oxygen atoms in total. The van der Waals surface area contributed by atoms with Crippen LogP contribution in [0.2, 0.25) is 38.3 Å². The second kappa shape index (κ2) is 11.6. The summed E-state index contributed by atoms with van der Waals surface area (Å²) in [5.41, 5.74) is 3.28. The monoisotopic (exact) mass is 553 g/mol. The van der Waals surface area contributed by atoms with Crippen molar-refractivity contribution < 1.29 is 18.7 Å². The van der Waals surface area contributed by atoms with E-state index in [1.165, 1.54) is 36.5 Å². The van der Waals surface area contributed by atoms with Crippen molar-refractivity contribution in [3.63, 3.8) is 0 Å². The van der Waals surface area contributed by atoms with E-state index in [0.717, 1.165) is 48.0 Å². The van der Waals surface area contributed by atoms with E-state index in [1.54, 1.807) is 6.07 Å². The van der Waals surface area contributed by atoms with Gasteiger partial charge in [-0.25, -0.2) is 0 Å². The molecule has 2 aromatic carbocycles. The van der Waals surface area contributed by atoms with Crippen LogP contribution in [0.25, 0.3) is 16.7 Å². The van der Waals surface area contributed by atoms with Crippen molar-refractivity contribution in [3.8, 4) is 11.4 Å². The van der Waals surface area contributed by atoms with Crippen molar-refractivity contribution in [1.29, 1.82) is 0 Å². The Morgan fingerprint density at radius 2 is 1.68 bits per heavy atom. The number of aromatic hydroxyl groups is 1. The van der Waals surface area contributed by atoms with Gasteiger partial charge in [-0.1, -0.05) is 24.6 Å². The molecule has 0 spiro atoms. The average molecular weight is 554 g/mol. The van der Waals surface area contributed by atoms with Gasteiger partial charge in [-0.3, -0.25) is 0 Å². The molecule has 0 amide bonds. The molecule has 1 aliphatic heterocycles. The first kappa shape index (κ1) is 27.5. The molecule has 2 fully saturated rings. The zero-order valence-corrected chi connectivity index (χ0v) is 25.4. The number of phenols is 1. The molecular weight excluding hydrogens is 511 g/mol. The van der Waals surface area contributed by atoms with Crippen LogP contribution in [0.3, 0.4) is 0 Å². The molecule has 2 aliphatic rings. The van der Waals surface area contributed by atoms with E-state index in [0.29, 0.717) is 24.5 Å².